The number of hydrogen-bond donors (Lipinski definition) is 0. The molecule has 0 bridgehead atoms. The SMILES string of the molecule is COc1ccccc1/[C]=N\OCc1ccccc1F. The minimum absolute atomic E-state index is 0.0643. The maximum Gasteiger partial charge on any atom is 0.145 e. The number of benzene rings is 2. The third-order valence-electron chi connectivity index (χ3n) is 2.52. The van der Waals surface area contributed by atoms with E-state index in [1.807, 2.05) is 12.1 Å². The Morgan fingerprint density at radius 1 is 1.11 bits per heavy atom. The molecule has 0 aliphatic heterocycles. The predicted octanol–water partition coefficient (Wildman–Crippen LogP) is 3.26. The molecule has 2 rings (SSSR count). The van der Waals surface area contributed by atoms with Crippen LogP contribution in [0.4, 0.5) is 4.39 Å². The Morgan fingerprint density at radius 3 is 2.63 bits per heavy atom. The first-order valence-corrected chi connectivity index (χ1v) is 5.75. The normalized spacial score (nSPS) is 10.6. The standard InChI is InChI=1S/C15H13FNO2/c1-18-15-9-5-3-6-12(15)10-17-19-11-13-7-2-4-8-14(13)16/h2-9H,11H2,1H3. The molecule has 0 aliphatic rings. The lowest BCUT2D eigenvalue weighted by atomic mass is 10.2. The van der Waals surface area contributed by atoms with Crippen LogP contribution in [-0.4, -0.2) is 13.3 Å². The van der Waals surface area contributed by atoms with Crippen molar-refractivity contribution in [3.05, 3.63) is 65.5 Å². The van der Waals surface area contributed by atoms with Crippen LogP contribution in [0.15, 0.2) is 53.7 Å². The first-order chi connectivity index (χ1) is 9.31. The molecule has 0 amide bonds. The maximum absolute atomic E-state index is 13.3. The van der Waals surface area contributed by atoms with E-state index in [9.17, 15) is 4.39 Å². The number of ether oxygens (including phenoxy) is 1. The van der Waals surface area contributed by atoms with Crippen LogP contribution in [0.1, 0.15) is 11.1 Å². The van der Waals surface area contributed by atoms with Gasteiger partial charge in [-0.1, -0.05) is 35.5 Å². The van der Waals surface area contributed by atoms with E-state index < -0.39 is 0 Å². The first kappa shape index (κ1) is 13.1. The van der Waals surface area contributed by atoms with E-state index in [0.717, 1.165) is 0 Å². The molecule has 0 atom stereocenters. The number of rotatable bonds is 5. The molecule has 2 aromatic carbocycles. The molecule has 0 fully saturated rings. The van der Waals surface area contributed by atoms with Crippen LogP contribution in [0.2, 0.25) is 0 Å². The molecule has 0 aromatic heterocycles. The fraction of sp³-hybridized carbons (Fsp3) is 0.133. The van der Waals surface area contributed by atoms with Gasteiger partial charge in [-0.15, -0.1) is 0 Å². The van der Waals surface area contributed by atoms with E-state index >= 15 is 0 Å². The molecule has 0 aliphatic carbocycles. The van der Waals surface area contributed by atoms with Crippen molar-refractivity contribution in [1.29, 1.82) is 0 Å². The Morgan fingerprint density at radius 2 is 1.84 bits per heavy atom. The van der Waals surface area contributed by atoms with E-state index in [-0.39, 0.29) is 12.4 Å². The summed E-state index contributed by atoms with van der Waals surface area (Å²) >= 11 is 0. The minimum Gasteiger partial charge on any atom is -0.496 e. The third-order valence-corrected chi connectivity index (χ3v) is 2.52. The summed E-state index contributed by atoms with van der Waals surface area (Å²) in [5.41, 5.74) is 1.13. The summed E-state index contributed by atoms with van der Waals surface area (Å²) in [5, 5.41) is 3.69. The number of hydrogen-bond acceptors (Lipinski definition) is 3. The first-order valence-electron chi connectivity index (χ1n) is 5.75. The molecule has 3 nitrogen and oxygen atoms in total. The van der Waals surface area contributed by atoms with Gasteiger partial charge in [0.15, 0.2) is 0 Å². The smallest absolute Gasteiger partial charge is 0.145 e. The highest BCUT2D eigenvalue weighted by molar-refractivity contribution is 5.82. The van der Waals surface area contributed by atoms with Crippen molar-refractivity contribution in [2.24, 2.45) is 5.16 Å². The molecule has 0 N–H and O–H groups in total. The van der Waals surface area contributed by atoms with Crippen molar-refractivity contribution in [3.8, 4) is 5.75 Å². The van der Waals surface area contributed by atoms with Crippen molar-refractivity contribution < 1.29 is 14.0 Å². The Balaban J connectivity index is 1.96. The summed E-state index contributed by atoms with van der Waals surface area (Å²) in [5.74, 6) is 0.343. The monoisotopic (exact) mass is 258 g/mol. The van der Waals surface area contributed by atoms with Gasteiger partial charge >= 0.3 is 0 Å². The van der Waals surface area contributed by atoms with Crippen LogP contribution in [0.25, 0.3) is 0 Å². The lowest BCUT2D eigenvalue weighted by molar-refractivity contribution is 0.129. The molecule has 0 spiro atoms. The van der Waals surface area contributed by atoms with Crippen LogP contribution < -0.4 is 4.74 Å². The molecule has 97 valence electrons. The van der Waals surface area contributed by atoms with Crippen LogP contribution in [0.5, 0.6) is 5.75 Å². The fourth-order valence-electron chi connectivity index (χ4n) is 1.54. The van der Waals surface area contributed by atoms with Gasteiger partial charge in [0, 0.05) is 11.1 Å². The highest BCUT2D eigenvalue weighted by atomic mass is 19.1. The highest BCUT2D eigenvalue weighted by Gasteiger charge is 2.01. The van der Waals surface area contributed by atoms with Crippen molar-refractivity contribution in [3.63, 3.8) is 0 Å². The van der Waals surface area contributed by atoms with Gasteiger partial charge < -0.3 is 9.57 Å². The second kappa shape index (κ2) is 6.54. The molecule has 4 heteroatoms. The quantitative estimate of drug-likeness (QED) is 0.608. The molecule has 2 aromatic rings. The lowest BCUT2D eigenvalue weighted by Crippen LogP contribution is -1.93. The van der Waals surface area contributed by atoms with Crippen LogP contribution in [-0.2, 0) is 11.4 Å². The zero-order valence-corrected chi connectivity index (χ0v) is 10.5. The summed E-state index contributed by atoms with van der Waals surface area (Å²) in [6.45, 7) is 0.0643. The third kappa shape index (κ3) is 3.55. The van der Waals surface area contributed by atoms with E-state index in [1.54, 1.807) is 37.4 Å². The summed E-state index contributed by atoms with van der Waals surface area (Å²) in [7, 11) is 1.57. The largest absolute Gasteiger partial charge is 0.496 e. The van der Waals surface area contributed by atoms with Gasteiger partial charge in [0.1, 0.15) is 24.4 Å². The average Bonchev–Trinajstić information content (AvgIpc) is 2.45. The molecular formula is C15H13FNO2. The second-order valence-electron chi connectivity index (χ2n) is 3.77. The second-order valence-corrected chi connectivity index (χ2v) is 3.77. The van der Waals surface area contributed by atoms with Crippen molar-refractivity contribution in [2.45, 2.75) is 6.61 Å². The maximum atomic E-state index is 13.3. The minimum atomic E-state index is -0.310. The molecular weight excluding hydrogens is 245 g/mol. The van der Waals surface area contributed by atoms with E-state index in [4.69, 9.17) is 9.57 Å². The summed E-state index contributed by atoms with van der Waals surface area (Å²) < 4.78 is 18.4. The van der Waals surface area contributed by atoms with Gasteiger partial charge in [0.05, 0.1) is 7.11 Å². The van der Waals surface area contributed by atoms with Crippen LogP contribution in [0, 0.1) is 5.82 Å². The van der Waals surface area contributed by atoms with Gasteiger partial charge in [-0.3, -0.25) is 0 Å². The van der Waals surface area contributed by atoms with Gasteiger partial charge in [-0.25, -0.2) is 4.39 Å². The topological polar surface area (TPSA) is 30.8 Å². The Hall–Kier alpha value is -2.36. The molecule has 0 unspecified atom stereocenters. The average molecular weight is 258 g/mol. The number of methoxy groups -OCH3 is 1. The van der Waals surface area contributed by atoms with Crippen molar-refractivity contribution in [1.82, 2.24) is 0 Å². The van der Waals surface area contributed by atoms with Crippen LogP contribution in [0.3, 0.4) is 0 Å². The summed E-state index contributed by atoms with van der Waals surface area (Å²) in [4.78, 5) is 5.02. The van der Waals surface area contributed by atoms with E-state index in [2.05, 4.69) is 11.4 Å². The molecule has 0 heterocycles. The van der Waals surface area contributed by atoms with Gasteiger partial charge in [0.25, 0.3) is 0 Å². The number of para-hydroxylation sites is 1. The Bertz CT molecular complexity index is 570. The summed E-state index contributed by atoms with van der Waals surface area (Å²) in [6, 6.07) is 13.7. The van der Waals surface area contributed by atoms with Gasteiger partial charge in [0.2, 0.25) is 0 Å². The van der Waals surface area contributed by atoms with E-state index in [1.165, 1.54) is 6.07 Å². The van der Waals surface area contributed by atoms with Crippen LogP contribution >= 0.6 is 0 Å². The highest BCUT2D eigenvalue weighted by Crippen LogP contribution is 2.15. The number of halogens is 1. The molecule has 1 radical (unpaired) electrons. The van der Waals surface area contributed by atoms with Crippen molar-refractivity contribution in [2.75, 3.05) is 7.11 Å². The van der Waals surface area contributed by atoms with Gasteiger partial charge in [-0.05, 0) is 18.2 Å². The number of nitrogens with zero attached hydrogens (tertiary/aromatic N) is 1. The molecule has 0 saturated heterocycles. The van der Waals surface area contributed by atoms with Crippen molar-refractivity contribution >= 4 is 6.21 Å². The lowest BCUT2D eigenvalue weighted by Gasteiger charge is -2.03. The molecule has 0 saturated carbocycles. The Kier molecular flexibility index (Phi) is 4.50. The molecule has 19 heavy (non-hydrogen) atoms. The zero-order valence-electron chi connectivity index (χ0n) is 10.5. The zero-order chi connectivity index (χ0) is 13.5. The predicted molar refractivity (Wildman–Crippen MR) is 70.7 cm³/mol. The summed E-state index contributed by atoms with van der Waals surface area (Å²) in [6.07, 6.45) is 2.71. The Labute approximate surface area is 111 Å². The fourth-order valence-corrected chi connectivity index (χ4v) is 1.54. The van der Waals surface area contributed by atoms with Gasteiger partial charge in [-0.2, -0.15) is 0 Å². The van der Waals surface area contributed by atoms with E-state index in [0.29, 0.717) is 16.9 Å².